The molecule has 1 fully saturated rings. The van der Waals surface area contributed by atoms with Gasteiger partial charge in [-0.15, -0.1) is 0 Å². The molecular weight excluding hydrogens is 220 g/mol. The number of amides is 1. The molecule has 1 unspecified atom stereocenters. The van der Waals surface area contributed by atoms with E-state index in [1.54, 1.807) is 23.4 Å². The average Bonchev–Trinajstić information content (AvgIpc) is 2.38. The monoisotopic (exact) mass is 236 g/mol. The maximum atomic E-state index is 12.2. The molecule has 1 atom stereocenters. The van der Waals surface area contributed by atoms with Crippen LogP contribution in [0.4, 0.5) is 0 Å². The van der Waals surface area contributed by atoms with Gasteiger partial charge in [-0.3, -0.25) is 9.78 Å². The third kappa shape index (κ3) is 2.62. The van der Waals surface area contributed by atoms with Gasteiger partial charge in [0.2, 0.25) is 0 Å². The minimum atomic E-state index is -0.269. The highest BCUT2D eigenvalue weighted by Gasteiger charge is 2.25. The van der Waals surface area contributed by atoms with Crippen LogP contribution in [0.1, 0.15) is 15.9 Å². The Balaban J connectivity index is 2.12. The van der Waals surface area contributed by atoms with Crippen molar-refractivity contribution in [1.29, 1.82) is 0 Å². The zero-order chi connectivity index (χ0) is 12.3. The Labute approximate surface area is 100 Å². The molecule has 0 spiro atoms. The van der Waals surface area contributed by atoms with Crippen molar-refractivity contribution in [3.8, 4) is 0 Å². The Hall–Kier alpha value is -1.46. The highest BCUT2D eigenvalue weighted by molar-refractivity contribution is 5.95. The highest BCUT2D eigenvalue weighted by atomic mass is 16.5. The van der Waals surface area contributed by atoms with E-state index in [4.69, 9.17) is 9.84 Å². The second-order valence-electron chi connectivity index (χ2n) is 4.12. The lowest BCUT2D eigenvalue weighted by Crippen LogP contribution is -2.47. The summed E-state index contributed by atoms with van der Waals surface area (Å²) in [6, 6.07) is 1.72. The number of nitrogens with zero attached hydrogens (tertiary/aromatic N) is 2. The molecular formula is C12H16N2O3. The quantitative estimate of drug-likeness (QED) is 0.798. The lowest BCUT2D eigenvalue weighted by Gasteiger charge is -2.32. The Morgan fingerprint density at radius 1 is 1.71 bits per heavy atom. The topological polar surface area (TPSA) is 62.7 Å². The standard InChI is InChI=1S/C12H16N2O3/c1-9-6-13-3-2-11(9)12(16)14-4-5-17-10(7-14)8-15/h2-3,6,10,15H,4-5,7-8H2,1H3. The Kier molecular flexibility index (Phi) is 3.71. The van der Waals surface area contributed by atoms with Gasteiger partial charge in [0.15, 0.2) is 0 Å². The van der Waals surface area contributed by atoms with Gasteiger partial charge in [0.25, 0.3) is 5.91 Å². The van der Waals surface area contributed by atoms with Crippen molar-refractivity contribution in [1.82, 2.24) is 9.88 Å². The van der Waals surface area contributed by atoms with Gasteiger partial charge in [-0.25, -0.2) is 0 Å². The lowest BCUT2D eigenvalue weighted by molar-refractivity contribution is -0.0447. The van der Waals surface area contributed by atoms with E-state index in [0.717, 1.165) is 5.56 Å². The van der Waals surface area contributed by atoms with E-state index < -0.39 is 0 Å². The molecule has 1 aliphatic rings. The molecule has 17 heavy (non-hydrogen) atoms. The maximum absolute atomic E-state index is 12.2. The zero-order valence-corrected chi connectivity index (χ0v) is 9.80. The number of carbonyl (C=O) groups excluding carboxylic acids is 1. The number of aliphatic hydroxyl groups is 1. The Bertz CT molecular complexity index is 408. The van der Waals surface area contributed by atoms with Crippen molar-refractivity contribution in [2.24, 2.45) is 0 Å². The van der Waals surface area contributed by atoms with Crippen LogP contribution in [-0.4, -0.2) is 53.3 Å². The molecule has 1 aliphatic heterocycles. The number of hydrogen-bond acceptors (Lipinski definition) is 4. The molecule has 0 radical (unpaired) electrons. The fourth-order valence-electron chi connectivity index (χ4n) is 1.90. The number of aryl methyl sites for hydroxylation is 1. The minimum Gasteiger partial charge on any atom is -0.394 e. The molecule has 1 N–H and O–H groups in total. The van der Waals surface area contributed by atoms with Crippen molar-refractivity contribution in [3.63, 3.8) is 0 Å². The first-order valence-electron chi connectivity index (χ1n) is 5.64. The van der Waals surface area contributed by atoms with Crippen LogP contribution in [0.25, 0.3) is 0 Å². The number of hydrogen-bond donors (Lipinski definition) is 1. The molecule has 0 saturated carbocycles. The number of morpholine rings is 1. The number of carbonyl (C=O) groups is 1. The molecule has 2 rings (SSSR count). The first kappa shape index (κ1) is 12.0. The maximum Gasteiger partial charge on any atom is 0.254 e. The number of aromatic nitrogens is 1. The summed E-state index contributed by atoms with van der Waals surface area (Å²) in [6.45, 7) is 3.29. The Morgan fingerprint density at radius 3 is 3.24 bits per heavy atom. The summed E-state index contributed by atoms with van der Waals surface area (Å²) in [7, 11) is 0. The van der Waals surface area contributed by atoms with E-state index in [0.29, 0.717) is 25.3 Å². The van der Waals surface area contributed by atoms with Crippen LogP contribution in [0.5, 0.6) is 0 Å². The van der Waals surface area contributed by atoms with Gasteiger partial charge in [0.05, 0.1) is 19.3 Å². The van der Waals surface area contributed by atoms with E-state index in [2.05, 4.69) is 4.98 Å². The van der Waals surface area contributed by atoms with Crippen LogP contribution < -0.4 is 0 Å². The van der Waals surface area contributed by atoms with Gasteiger partial charge >= 0.3 is 0 Å². The SMILES string of the molecule is Cc1cnccc1C(=O)N1CCOC(CO)C1. The summed E-state index contributed by atoms with van der Waals surface area (Å²) in [5.41, 5.74) is 1.53. The summed E-state index contributed by atoms with van der Waals surface area (Å²) in [4.78, 5) is 17.9. The van der Waals surface area contributed by atoms with Gasteiger partial charge < -0.3 is 14.7 Å². The van der Waals surface area contributed by atoms with Crippen LogP contribution in [0.15, 0.2) is 18.5 Å². The smallest absolute Gasteiger partial charge is 0.254 e. The first-order chi connectivity index (χ1) is 8.22. The second-order valence-corrected chi connectivity index (χ2v) is 4.12. The fourth-order valence-corrected chi connectivity index (χ4v) is 1.90. The predicted molar refractivity (Wildman–Crippen MR) is 61.7 cm³/mol. The van der Waals surface area contributed by atoms with Crippen LogP contribution in [0, 0.1) is 6.92 Å². The van der Waals surface area contributed by atoms with Gasteiger partial charge in [-0.05, 0) is 18.6 Å². The van der Waals surface area contributed by atoms with E-state index >= 15 is 0 Å². The largest absolute Gasteiger partial charge is 0.394 e. The van der Waals surface area contributed by atoms with Crippen molar-refractivity contribution < 1.29 is 14.6 Å². The first-order valence-corrected chi connectivity index (χ1v) is 5.64. The fraction of sp³-hybridized carbons (Fsp3) is 0.500. The summed E-state index contributed by atoms with van der Waals surface area (Å²) in [6.07, 6.45) is 3.02. The summed E-state index contributed by atoms with van der Waals surface area (Å²) >= 11 is 0. The number of aliphatic hydroxyl groups excluding tert-OH is 1. The summed E-state index contributed by atoms with van der Waals surface area (Å²) < 4.78 is 5.32. The van der Waals surface area contributed by atoms with Gasteiger partial charge in [0.1, 0.15) is 0 Å². The van der Waals surface area contributed by atoms with Gasteiger partial charge in [-0.2, -0.15) is 0 Å². The van der Waals surface area contributed by atoms with Crippen molar-refractivity contribution in [3.05, 3.63) is 29.6 Å². The number of rotatable bonds is 2. The zero-order valence-electron chi connectivity index (χ0n) is 9.80. The third-order valence-corrected chi connectivity index (χ3v) is 2.88. The summed E-state index contributed by atoms with van der Waals surface area (Å²) in [5, 5.41) is 9.04. The highest BCUT2D eigenvalue weighted by Crippen LogP contribution is 2.12. The summed E-state index contributed by atoms with van der Waals surface area (Å²) in [5.74, 6) is -0.0216. The van der Waals surface area contributed by atoms with Crippen LogP contribution in [-0.2, 0) is 4.74 Å². The number of pyridine rings is 1. The molecule has 0 bridgehead atoms. The molecule has 92 valence electrons. The minimum absolute atomic E-state index is 0.0216. The normalized spacial score (nSPS) is 20.4. The predicted octanol–water partition coefficient (Wildman–Crippen LogP) is 0.223. The molecule has 0 aromatic carbocycles. The van der Waals surface area contributed by atoms with E-state index in [-0.39, 0.29) is 18.6 Å². The molecule has 2 heterocycles. The average molecular weight is 236 g/mol. The molecule has 5 nitrogen and oxygen atoms in total. The van der Waals surface area contributed by atoms with Gasteiger partial charge in [-0.1, -0.05) is 0 Å². The van der Waals surface area contributed by atoms with Crippen molar-refractivity contribution in [2.45, 2.75) is 13.0 Å². The van der Waals surface area contributed by atoms with Crippen LogP contribution >= 0.6 is 0 Å². The number of ether oxygens (including phenoxy) is 1. The van der Waals surface area contributed by atoms with Crippen molar-refractivity contribution >= 4 is 5.91 Å². The van der Waals surface area contributed by atoms with Gasteiger partial charge in [0, 0.05) is 31.0 Å². The van der Waals surface area contributed by atoms with E-state index in [1.807, 2.05) is 6.92 Å². The van der Waals surface area contributed by atoms with Crippen LogP contribution in [0.3, 0.4) is 0 Å². The molecule has 1 amide bonds. The van der Waals surface area contributed by atoms with E-state index in [1.165, 1.54) is 0 Å². The molecule has 1 aromatic rings. The Morgan fingerprint density at radius 2 is 2.53 bits per heavy atom. The van der Waals surface area contributed by atoms with Crippen molar-refractivity contribution in [2.75, 3.05) is 26.3 Å². The third-order valence-electron chi connectivity index (χ3n) is 2.88. The van der Waals surface area contributed by atoms with Crippen LogP contribution in [0.2, 0.25) is 0 Å². The molecule has 1 saturated heterocycles. The molecule has 1 aromatic heterocycles. The molecule has 0 aliphatic carbocycles. The lowest BCUT2D eigenvalue weighted by atomic mass is 10.1. The van der Waals surface area contributed by atoms with E-state index in [9.17, 15) is 4.79 Å². The second kappa shape index (κ2) is 5.25. The molecule has 5 heteroatoms.